The molecule has 2 atom stereocenters. The van der Waals surface area contributed by atoms with E-state index in [1.54, 1.807) is 0 Å². The molecule has 1 saturated heterocycles. The summed E-state index contributed by atoms with van der Waals surface area (Å²) >= 11 is 0. The van der Waals surface area contributed by atoms with Crippen LogP contribution >= 0.6 is 0 Å². The zero-order valence-corrected chi connectivity index (χ0v) is 12.7. The second-order valence-corrected chi connectivity index (χ2v) is 6.18. The van der Waals surface area contributed by atoms with Crippen molar-refractivity contribution in [1.29, 1.82) is 0 Å². The summed E-state index contributed by atoms with van der Waals surface area (Å²) in [7, 11) is 0. The van der Waals surface area contributed by atoms with Crippen LogP contribution in [0.1, 0.15) is 31.2 Å². The Labute approximate surface area is 128 Å². The van der Waals surface area contributed by atoms with Gasteiger partial charge >= 0.3 is 0 Å². The molecule has 0 aliphatic carbocycles. The normalized spacial score (nSPS) is 26.5. The van der Waals surface area contributed by atoms with Crippen molar-refractivity contribution in [2.24, 2.45) is 0 Å². The first-order valence-corrected chi connectivity index (χ1v) is 8.20. The third-order valence-corrected chi connectivity index (χ3v) is 4.41. The molecule has 1 fully saturated rings. The third kappa shape index (κ3) is 4.58. The number of rotatable bonds is 5. The zero-order chi connectivity index (χ0) is 14.3. The van der Waals surface area contributed by atoms with Gasteiger partial charge in [-0.05, 0) is 43.9 Å². The number of likely N-dealkylation sites (tertiary alicyclic amines) is 1. The van der Waals surface area contributed by atoms with E-state index in [9.17, 15) is 0 Å². The van der Waals surface area contributed by atoms with Crippen LogP contribution in [0.4, 0.5) is 0 Å². The SMILES string of the molecule is C1=COC(CNC2CCCN(Cc3ccccc3)C2)CC1. The minimum absolute atomic E-state index is 0.361. The molecule has 1 N–H and O–H groups in total. The summed E-state index contributed by atoms with van der Waals surface area (Å²) in [6.07, 6.45) is 9.20. The van der Waals surface area contributed by atoms with E-state index in [1.165, 1.54) is 24.9 Å². The number of nitrogens with one attached hydrogen (secondary N) is 1. The van der Waals surface area contributed by atoms with E-state index < -0.39 is 0 Å². The Balaban J connectivity index is 1.43. The molecule has 0 amide bonds. The van der Waals surface area contributed by atoms with Gasteiger partial charge in [0.05, 0.1) is 6.26 Å². The average Bonchev–Trinajstić information content (AvgIpc) is 2.55. The number of nitrogens with zero attached hydrogens (tertiary/aromatic N) is 1. The van der Waals surface area contributed by atoms with Crippen molar-refractivity contribution >= 4 is 0 Å². The maximum Gasteiger partial charge on any atom is 0.110 e. The lowest BCUT2D eigenvalue weighted by Crippen LogP contribution is -2.47. The van der Waals surface area contributed by atoms with Gasteiger partial charge in [-0.15, -0.1) is 0 Å². The van der Waals surface area contributed by atoms with Crippen LogP contribution in [0, 0.1) is 0 Å². The van der Waals surface area contributed by atoms with Crippen LogP contribution in [0.25, 0.3) is 0 Å². The lowest BCUT2D eigenvalue weighted by Gasteiger charge is -2.34. The van der Waals surface area contributed by atoms with Gasteiger partial charge in [0.15, 0.2) is 0 Å². The second kappa shape index (κ2) is 7.62. The van der Waals surface area contributed by atoms with Crippen LogP contribution in [0.2, 0.25) is 0 Å². The van der Waals surface area contributed by atoms with Crippen LogP contribution in [0.3, 0.4) is 0 Å². The number of ether oxygens (including phenoxy) is 1. The molecule has 0 bridgehead atoms. The van der Waals surface area contributed by atoms with Gasteiger partial charge in [-0.2, -0.15) is 0 Å². The molecule has 3 rings (SSSR count). The maximum absolute atomic E-state index is 5.63. The third-order valence-electron chi connectivity index (χ3n) is 4.41. The number of piperidine rings is 1. The highest BCUT2D eigenvalue weighted by atomic mass is 16.5. The summed E-state index contributed by atoms with van der Waals surface area (Å²) in [6, 6.07) is 11.4. The highest BCUT2D eigenvalue weighted by Crippen LogP contribution is 2.15. The minimum atomic E-state index is 0.361. The van der Waals surface area contributed by atoms with Crippen molar-refractivity contribution in [3.63, 3.8) is 0 Å². The molecular formula is C18H26N2O. The zero-order valence-electron chi connectivity index (χ0n) is 12.7. The number of hydrogen-bond acceptors (Lipinski definition) is 3. The Bertz CT molecular complexity index is 446. The Morgan fingerprint density at radius 2 is 2.10 bits per heavy atom. The van der Waals surface area contributed by atoms with Crippen LogP contribution in [0.5, 0.6) is 0 Å². The van der Waals surface area contributed by atoms with Gasteiger partial charge < -0.3 is 10.1 Å². The topological polar surface area (TPSA) is 24.5 Å². The summed E-state index contributed by atoms with van der Waals surface area (Å²) < 4.78 is 5.63. The van der Waals surface area contributed by atoms with E-state index in [4.69, 9.17) is 4.74 Å². The molecule has 1 aromatic carbocycles. The number of allylic oxidation sites excluding steroid dienone is 1. The van der Waals surface area contributed by atoms with Crippen LogP contribution in [0.15, 0.2) is 42.7 Å². The number of benzene rings is 1. The fraction of sp³-hybridized carbons (Fsp3) is 0.556. The first-order valence-electron chi connectivity index (χ1n) is 8.20. The van der Waals surface area contributed by atoms with Crippen molar-refractivity contribution in [3.05, 3.63) is 48.2 Å². The summed E-state index contributed by atoms with van der Waals surface area (Å²) in [4.78, 5) is 2.57. The minimum Gasteiger partial charge on any atom is -0.497 e. The highest BCUT2D eigenvalue weighted by molar-refractivity contribution is 5.14. The highest BCUT2D eigenvalue weighted by Gasteiger charge is 2.21. The molecule has 2 heterocycles. The van der Waals surface area contributed by atoms with Crippen molar-refractivity contribution < 1.29 is 4.74 Å². The molecule has 0 aromatic heterocycles. The Morgan fingerprint density at radius 1 is 1.19 bits per heavy atom. The van der Waals surface area contributed by atoms with Crippen molar-refractivity contribution in [2.45, 2.75) is 44.4 Å². The Morgan fingerprint density at radius 3 is 2.90 bits per heavy atom. The van der Waals surface area contributed by atoms with Gasteiger partial charge in [0.1, 0.15) is 6.10 Å². The standard InChI is InChI=1S/C18H26N2O/c1-2-7-16(8-3-1)14-20-11-6-9-17(15-20)19-13-18-10-4-5-12-21-18/h1-3,5,7-8,12,17-19H,4,6,9-11,13-15H2. The van der Waals surface area contributed by atoms with Gasteiger partial charge in [-0.25, -0.2) is 0 Å². The second-order valence-electron chi connectivity index (χ2n) is 6.18. The first kappa shape index (κ1) is 14.6. The smallest absolute Gasteiger partial charge is 0.110 e. The molecule has 21 heavy (non-hydrogen) atoms. The Kier molecular flexibility index (Phi) is 5.30. The van der Waals surface area contributed by atoms with Gasteiger partial charge in [0.2, 0.25) is 0 Å². The summed E-state index contributed by atoms with van der Waals surface area (Å²) in [5.74, 6) is 0. The van der Waals surface area contributed by atoms with E-state index in [0.29, 0.717) is 12.1 Å². The molecule has 0 radical (unpaired) electrons. The molecule has 2 aliphatic rings. The van der Waals surface area contributed by atoms with Crippen molar-refractivity contribution in [1.82, 2.24) is 10.2 Å². The average molecular weight is 286 g/mol. The van der Waals surface area contributed by atoms with Crippen molar-refractivity contribution in [2.75, 3.05) is 19.6 Å². The quantitative estimate of drug-likeness (QED) is 0.900. The molecule has 114 valence electrons. The molecule has 2 aliphatic heterocycles. The predicted molar refractivity (Wildman–Crippen MR) is 86.0 cm³/mol. The lowest BCUT2D eigenvalue weighted by atomic mass is 10.0. The Hall–Kier alpha value is -1.32. The number of hydrogen-bond donors (Lipinski definition) is 1. The molecule has 0 saturated carbocycles. The van der Waals surface area contributed by atoms with Gasteiger partial charge in [0, 0.05) is 25.7 Å². The molecule has 3 heteroatoms. The van der Waals surface area contributed by atoms with E-state index in [-0.39, 0.29) is 0 Å². The van der Waals surface area contributed by atoms with Crippen molar-refractivity contribution in [3.8, 4) is 0 Å². The van der Waals surface area contributed by atoms with E-state index in [0.717, 1.165) is 32.5 Å². The fourth-order valence-corrected chi connectivity index (χ4v) is 3.24. The lowest BCUT2D eigenvalue weighted by molar-refractivity contribution is 0.109. The predicted octanol–water partition coefficient (Wildman–Crippen LogP) is 2.93. The van der Waals surface area contributed by atoms with Gasteiger partial charge in [0.25, 0.3) is 0 Å². The van der Waals surface area contributed by atoms with Gasteiger partial charge in [-0.1, -0.05) is 30.3 Å². The van der Waals surface area contributed by atoms with Crippen LogP contribution in [-0.4, -0.2) is 36.7 Å². The molecule has 0 spiro atoms. The monoisotopic (exact) mass is 286 g/mol. The largest absolute Gasteiger partial charge is 0.497 e. The fourth-order valence-electron chi connectivity index (χ4n) is 3.24. The first-order chi connectivity index (χ1) is 10.4. The summed E-state index contributed by atoms with van der Waals surface area (Å²) in [5.41, 5.74) is 1.42. The van der Waals surface area contributed by atoms with E-state index in [2.05, 4.69) is 46.6 Å². The molecule has 3 nitrogen and oxygen atoms in total. The van der Waals surface area contributed by atoms with E-state index >= 15 is 0 Å². The van der Waals surface area contributed by atoms with Crippen LogP contribution in [-0.2, 0) is 11.3 Å². The molecule has 1 aromatic rings. The molecular weight excluding hydrogens is 260 g/mol. The van der Waals surface area contributed by atoms with Crippen LogP contribution < -0.4 is 5.32 Å². The summed E-state index contributed by atoms with van der Waals surface area (Å²) in [6.45, 7) is 4.42. The summed E-state index contributed by atoms with van der Waals surface area (Å²) in [5, 5.41) is 3.71. The molecule has 2 unspecified atom stereocenters. The maximum atomic E-state index is 5.63. The van der Waals surface area contributed by atoms with Gasteiger partial charge in [-0.3, -0.25) is 4.90 Å². The van der Waals surface area contributed by atoms with E-state index in [1.807, 2.05) is 6.26 Å².